The summed E-state index contributed by atoms with van der Waals surface area (Å²) < 4.78 is 6.99. The highest BCUT2D eigenvalue weighted by atomic mass is 79.9. The maximum atomic E-state index is 13.0. The molecule has 31 heavy (non-hydrogen) atoms. The summed E-state index contributed by atoms with van der Waals surface area (Å²) in [4.78, 5) is 17.4. The van der Waals surface area contributed by atoms with E-state index in [9.17, 15) is 4.79 Å². The number of aryl methyl sites for hydroxylation is 1. The Labute approximate surface area is 190 Å². The van der Waals surface area contributed by atoms with Gasteiger partial charge < -0.3 is 9.73 Å². The van der Waals surface area contributed by atoms with E-state index in [0.717, 1.165) is 22.9 Å². The lowest BCUT2D eigenvalue weighted by atomic mass is 10.0. The van der Waals surface area contributed by atoms with Crippen LogP contribution in [0.15, 0.2) is 93.9 Å². The van der Waals surface area contributed by atoms with Gasteiger partial charge in [-0.2, -0.15) is 0 Å². The molecular weight excluding hydrogens is 452 g/mol. The molecule has 0 aliphatic rings. The Bertz CT molecular complexity index is 1150. The minimum Gasteiger partial charge on any atom is -0.436 e. The molecule has 4 aromatic rings. The van der Waals surface area contributed by atoms with E-state index in [1.54, 1.807) is 12.3 Å². The molecule has 0 saturated carbocycles. The van der Waals surface area contributed by atoms with Gasteiger partial charge in [-0.05, 0) is 49.6 Å². The topological polar surface area (TPSA) is 55.1 Å². The maximum Gasteiger partial charge on any atom is 0.252 e. The Kier molecular flexibility index (Phi) is 6.63. The first-order valence-electron chi connectivity index (χ1n) is 10.3. The quantitative estimate of drug-likeness (QED) is 0.331. The number of benzene rings is 3. The molecule has 0 unspecified atom stereocenters. The number of hydrogen-bond donors (Lipinski definition) is 1. The molecule has 0 fully saturated rings. The van der Waals surface area contributed by atoms with Gasteiger partial charge in [-0.3, -0.25) is 4.79 Å². The van der Waals surface area contributed by atoms with Gasteiger partial charge in [0, 0.05) is 21.6 Å². The normalized spacial score (nSPS) is 11.8. The third-order valence-corrected chi connectivity index (χ3v) is 5.65. The number of rotatable bonds is 7. The number of carbonyl (C=O) groups is 1. The maximum absolute atomic E-state index is 13.0. The van der Waals surface area contributed by atoms with Gasteiger partial charge in [-0.25, -0.2) is 4.98 Å². The van der Waals surface area contributed by atoms with Crippen LogP contribution in [0.3, 0.4) is 0 Å². The van der Waals surface area contributed by atoms with Crippen LogP contribution in [-0.2, 0) is 6.42 Å². The zero-order chi connectivity index (χ0) is 21.6. The Balaban J connectivity index is 1.48. The van der Waals surface area contributed by atoms with Gasteiger partial charge in [0.25, 0.3) is 5.91 Å². The second-order valence-corrected chi connectivity index (χ2v) is 8.40. The first kappa shape index (κ1) is 21.1. The Morgan fingerprint density at radius 1 is 1.00 bits per heavy atom. The lowest BCUT2D eigenvalue weighted by molar-refractivity contribution is 0.0939. The number of nitrogens with one attached hydrogen (secondary N) is 1. The van der Waals surface area contributed by atoms with Crippen molar-refractivity contribution in [3.63, 3.8) is 0 Å². The molecule has 1 N–H and O–H groups in total. The van der Waals surface area contributed by atoms with Crippen molar-refractivity contribution >= 4 is 21.8 Å². The van der Waals surface area contributed by atoms with Crippen molar-refractivity contribution in [1.29, 1.82) is 0 Å². The number of amides is 1. The lowest BCUT2D eigenvalue weighted by Gasteiger charge is -2.15. The summed E-state index contributed by atoms with van der Waals surface area (Å²) in [6.45, 7) is 2.03. The van der Waals surface area contributed by atoms with Crippen LogP contribution < -0.4 is 5.32 Å². The van der Waals surface area contributed by atoms with Crippen molar-refractivity contribution in [2.75, 3.05) is 0 Å². The number of oxazole rings is 1. The monoisotopic (exact) mass is 474 g/mol. The summed E-state index contributed by atoms with van der Waals surface area (Å²) in [6.07, 6.45) is 3.47. The fourth-order valence-corrected chi connectivity index (χ4v) is 3.68. The fraction of sp³-hybridized carbons (Fsp3) is 0.154. The molecule has 156 valence electrons. The van der Waals surface area contributed by atoms with E-state index in [0.29, 0.717) is 22.8 Å². The number of aromatic nitrogens is 1. The summed E-state index contributed by atoms with van der Waals surface area (Å²) in [5.74, 6) is 0.967. The Morgan fingerprint density at radius 3 is 2.48 bits per heavy atom. The van der Waals surface area contributed by atoms with Gasteiger partial charge in [0.2, 0.25) is 5.89 Å². The van der Waals surface area contributed by atoms with E-state index in [4.69, 9.17) is 4.42 Å². The van der Waals surface area contributed by atoms with E-state index in [1.165, 1.54) is 5.56 Å². The van der Waals surface area contributed by atoms with E-state index in [2.05, 4.69) is 38.4 Å². The molecule has 0 saturated heterocycles. The van der Waals surface area contributed by atoms with Crippen molar-refractivity contribution in [3.05, 3.63) is 101 Å². The highest BCUT2D eigenvalue weighted by molar-refractivity contribution is 9.10. The lowest BCUT2D eigenvalue weighted by Crippen LogP contribution is -2.33. The molecule has 1 heterocycles. The summed E-state index contributed by atoms with van der Waals surface area (Å²) >= 11 is 3.44. The number of nitrogens with zero attached hydrogens (tertiary/aromatic N) is 1. The largest absolute Gasteiger partial charge is 0.436 e. The molecule has 1 atom stereocenters. The van der Waals surface area contributed by atoms with Gasteiger partial charge in [0.05, 0.1) is 11.8 Å². The summed E-state index contributed by atoms with van der Waals surface area (Å²) in [5, 5.41) is 3.11. The van der Waals surface area contributed by atoms with Crippen LogP contribution in [-0.4, -0.2) is 16.9 Å². The molecule has 5 heteroatoms. The molecule has 1 aromatic heterocycles. The van der Waals surface area contributed by atoms with Gasteiger partial charge in [-0.1, -0.05) is 70.5 Å². The van der Waals surface area contributed by atoms with Crippen molar-refractivity contribution in [2.24, 2.45) is 0 Å². The van der Waals surface area contributed by atoms with Gasteiger partial charge in [0.1, 0.15) is 0 Å². The molecule has 0 bridgehead atoms. The summed E-state index contributed by atoms with van der Waals surface area (Å²) in [7, 11) is 0. The van der Waals surface area contributed by atoms with Crippen LogP contribution in [0, 0.1) is 0 Å². The number of hydrogen-bond acceptors (Lipinski definition) is 3. The first-order valence-corrected chi connectivity index (χ1v) is 11.1. The van der Waals surface area contributed by atoms with Crippen molar-refractivity contribution in [2.45, 2.75) is 25.8 Å². The molecule has 0 radical (unpaired) electrons. The van der Waals surface area contributed by atoms with E-state index in [1.807, 2.05) is 67.6 Å². The van der Waals surface area contributed by atoms with E-state index < -0.39 is 0 Å². The number of halogens is 1. The molecule has 4 nitrogen and oxygen atoms in total. The smallest absolute Gasteiger partial charge is 0.252 e. The van der Waals surface area contributed by atoms with Gasteiger partial charge in [-0.15, -0.1) is 0 Å². The van der Waals surface area contributed by atoms with Crippen molar-refractivity contribution in [3.8, 4) is 22.8 Å². The molecule has 0 aliphatic carbocycles. The predicted octanol–water partition coefficient (Wildman–Crippen LogP) is 6.52. The van der Waals surface area contributed by atoms with Crippen LogP contribution in [0.25, 0.3) is 22.8 Å². The average molecular weight is 475 g/mol. The van der Waals surface area contributed by atoms with E-state index >= 15 is 0 Å². The van der Waals surface area contributed by atoms with E-state index in [-0.39, 0.29) is 11.9 Å². The second kappa shape index (κ2) is 9.75. The summed E-state index contributed by atoms with van der Waals surface area (Å²) in [5.41, 5.74) is 3.43. The van der Waals surface area contributed by atoms with Crippen molar-refractivity contribution in [1.82, 2.24) is 10.3 Å². The molecular formula is C26H23BrN2O2. The minimum atomic E-state index is -0.125. The third-order valence-electron chi connectivity index (χ3n) is 5.12. The van der Waals surface area contributed by atoms with Crippen LogP contribution in [0.5, 0.6) is 0 Å². The van der Waals surface area contributed by atoms with Crippen molar-refractivity contribution < 1.29 is 9.21 Å². The zero-order valence-electron chi connectivity index (χ0n) is 17.2. The molecule has 0 spiro atoms. The van der Waals surface area contributed by atoms with Crippen LogP contribution in [0.1, 0.15) is 29.3 Å². The standard InChI is InChI=1S/C26H23BrN2O2/c1-18(11-12-19-7-3-2-4-8-19)29-25(30)22-9-5-6-10-23(22)26-28-17-24(31-26)20-13-15-21(27)16-14-20/h2-10,13-18H,11-12H2,1H3,(H,29,30)/t18-/m0/s1. The van der Waals surface area contributed by atoms with Gasteiger partial charge in [0.15, 0.2) is 5.76 Å². The fourth-order valence-electron chi connectivity index (χ4n) is 3.42. The zero-order valence-corrected chi connectivity index (χ0v) is 18.8. The average Bonchev–Trinajstić information content (AvgIpc) is 3.29. The molecule has 3 aromatic carbocycles. The molecule has 1 amide bonds. The Morgan fingerprint density at radius 2 is 1.71 bits per heavy atom. The Hall–Kier alpha value is -3.18. The highest BCUT2D eigenvalue weighted by Gasteiger charge is 2.18. The highest BCUT2D eigenvalue weighted by Crippen LogP contribution is 2.29. The van der Waals surface area contributed by atoms with Crippen LogP contribution >= 0.6 is 15.9 Å². The van der Waals surface area contributed by atoms with Crippen LogP contribution in [0.2, 0.25) is 0 Å². The SMILES string of the molecule is C[C@@H](CCc1ccccc1)NC(=O)c1ccccc1-c1ncc(-c2ccc(Br)cc2)o1. The molecule has 4 rings (SSSR count). The molecule has 0 aliphatic heterocycles. The predicted molar refractivity (Wildman–Crippen MR) is 127 cm³/mol. The van der Waals surface area contributed by atoms with Crippen LogP contribution in [0.4, 0.5) is 0 Å². The second-order valence-electron chi connectivity index (χ2n) is 7.48. The number of carbonyl (C=O) groups excluding carboxylic acids is 1. The summed E-state index contributed by atoms with van der Waals surface area (Å²) in [6, 6.07) is 25.6. The van der Waals surface area contributed by atoms with Gasteiger partial charge >= 0.3 is 0 Å². The first-order chi connectivity index (χ1) is 15.1. The minimum absolute atomic E-state index is 0.0450. The third kappa shape index (κ3) is 5.30.